The highest BCUT2D eigenvalue weighted by Crippen LogP contribution is 2.31. The molecule has 1 saturated heterocycles. The van der Waals surface area contributed by atoms with Crippen LogP contribution in [0, 0.1) is 5.82 Å². The summed E-state index contributed by atoms with van der Waals surface area (Å²) in [7, 11) is -4.34. The van der Waals surface area contributed by atoms with Crippen LogP contribution in [0.15, 0.2) is 23.1 Å². The predicted molar refractivity (Wildman–Crippen MR) is 74.9 cm³/mol. The monoisotopic (exact) mass is 362 g/mol. The molecule has 2 N–H and O–H groups in total. The van der Waals surface area contributed by atoms with Crippen molar-refractivity contribution in [1.82, 2.24) is 10.0 Å². The van der Waals surface area contributed by atoms with Crippen molar-refractivity contribution in [3.05, 3.63) is 29.6 Å². The third-order valence-corrected chi connectivity index (χ3v) is 4.70. The van der Waals surface area contributed by atoms with Crippen LogP contribution in [0.2, 0.25) is 0 Å². The van der Waals surface area contributed by atoms with E-state index in [-0.39, 0.29) is 12.4 Å². The Morgan fingerprint density at radius 2 is 1.95 bits per heavy atom. The van der Waals surface area contributed by atoms with Crippen LogP contribution >= 0.6 is 12.4 Å². The standard InChI is InChI=1S/C12H14F4N2O2S.ClH/c13-10-4-3-8(12(14,15)16)6-11(10)21(19,20)18-9-2-1-5-17-7-9;/h3-4,6,9,17-18H,1-2,5,7H2;1H. The highest BCUT2D eigenvalue weighted by atomic mass is 35.5. The fourth-order valence-electron chi connectivity index (χ4n) is 2.12. The molecule has 22 heavy (non-hydrogen) atoms. The molecular formula is C12H15ClF4N2O2S. The van der Waals surface area contributed by atoms with Crippen LogP contribution in [0.25, 0.3) is 0 Å². The number of hydrogen-bond acceptors (Lipinski definition) is 3. The van der Waals surface area contributed by atoms with Gasteiger partial charge in [0, 0.05) is 12.6 Å². The molecule has 4 nitrogen and oxygen atoms in total. The van der Waals surface area contributed by atoms with Gasteiger partial charge in [0.05, 0.1) is 5.56 Å². The normalized spacial score (nSPS) is 19.5. The van der Waals surface area contributed by atoms with E-state index in [0.717, 1.165) is 13.0 Å². The SMILES string of the molecule is Cl.O=S(=O)(NC1CCCNC1)c1cc(C(F)(F)F)ccc1F. The Bertz CT molecular complexity index is 616. The average Bonchev–Trinajstić information content (AvgIpc) is 2.38. The minimum absolute atomic E-state index is 0. The number of halogens is 5. The Balaban J connectivity index is 0.00000242. The van der Waals surface area contributed by atoms with Gasteiger partial charge in [-0.05, 0) is 37.6 Å². The molecule has 1 atom stereocenters. The molecule has 1 aromatic rings. The molecule has 1 aliphatic rings. The molecular weight excluding hydrogens is 348 g/mol. The minimum atomic E-state index is -4.73. The summed E-state index contributed by atoms with van der Waals surface area (Å²) in [6.45, 7) is 1.11. The van der Waals surface area contributed by atoms with Crippen molar-refractivity contribution in [2.75, 3.05) is 13.1 Å². The first kappa shape index (κ1) is 19.1. The fraction of sp³-hybridized carbons (Fsp3) is 0.500. The van der Waals surface area contributed by atoms with Crippen molar-refractivity contribution in [3.8, 4) is 0 Å². The van der Waals surface area contributed by atoms with Crippen LogP contribution in [0.3, 0.4) is 0 Å². The van der Waals surface area contributed by atoms with Gasteiger partial charge in [0.15, 0.2) is 0 Å². The maximum Gasteiger partial charge on any atom is 0.416 e. The zero-order valence-corrected chi connectivity index (χ0v) is 12.9. The first-order valence-corrected chi connectivity index (χ1v) is 7.78. The van der Waals surface area contributed by atoms with E-state index in [2.05, 4.69) is 10.0 Å². The van der Waals surface area contributed by atoms with Gasteiger partial charge < -0.3 is 5.32 Å². The van der Waals surface area contributed by atoms with Crippen molar-refractivity contribution in [1.29, 1.82) is 0 Å². The van der Waals surface area contributed by atoms with Crippen LogP contribution in [-0.2, 0) is 16.2 Å². The van der Waals surface area contributed by atoms with Gasteiger partial charge in [0.2, 0.25) is 10.0 Å². The van der Waals surface area contributed by atoms with Gasteiger partial charge in [0.25, 0.3) is 0 Å². The summed E-state index contributed by atoms with van der Waals surface area (Å²) in [5.74, 6) is -1.21. The molecule has 1 aliphatic heterocycles. The van der Waals surface area contributed by atoms with Crippen LogP contribution in [0.4, 0.5) is 17.6 Å². The Morgan fingerprint density at radius 1 is 1.27 bits per heavy atom. The van der Waals surface area contributed by atoms with Crippen LogP contribution < -0.4 is 10.0 Å². The molecule has 1 aromatic carbocycles. The smallest absolute Gasteiger partial charge is 0.315 e. The van der Waals surface area contributed by atoms with Crippen LogP contribution in [-0.4, -0.2) is 27.5 Å². The summed E-state index contributed by atoms with van der Waals surface area (Å²) in [5.41, 5.74) is -1.20. The van der Waals surface area contributed by atoms with Crippen LogP contribution in [0.5, 0.6) is 0 Å². The van der Waals surface area contributed by atoms with Gasteiger partial charge in [-0.25, -0.2) is 17.5 Å². The van der Waals surface area contributed by atoms with Gasteiger partial charge in [-0.3, -0.25) is 0 Å². The largest absolute Gasteiger partial charge is 0.416 e. The lowest BCUT2D eigenvalue weighted by Gasteiger charge is -2.23. The van der Waals surface area contributed by atoms with Crippen molar-refractivity contribution in [2.45, 2.75) is 30.0 Å². The third-order valence-electron chi connectivity index (χ3n) is 3.17. The van der Waals surface area contributed by atoms with E-state index in [9.17, 15) is 26.0 Å². The Morgan fingerprint density at radius 3 is 2.50 bits per heavy atom. The van der Waals surface area contributed by atoms with Gasteiger partial charge >= 0.3 is 6.18 Å². The van der Waals surface area contributed by atoms with Crippen molar-refractivity contribution in [3.63, 3.8) is 0 Å². The number of nitrogens with one attached hydrogen (secondary N) is 2. The molecule has 0 saturated carbocycles. The fourth-order valence-corrected chi connectivity index (χ4v) is 3.49. The number of hydrogen-bond donors (Lipinski definition) is 2. The predicted octanol–water partition coefficient (Wildman–Crippen LogP) is 2.30. The number of piperidine rings is 1. The second-order valence-electron chi connectivity index (χ2n) is 4.81. The molecule has 0 radical (unpaired) electrons. The lowest BCUT2D eigenvalue weighted by Crippen LogP contribution is -2.45. The molecule has 126 valence electrons. The molecule has 0 bridgehead atoms. The zero-order chi connectivity index (χ0) is 15.7. The second kappa shape index (κ2) is 7.12. The highest BCUT2D eigenvalue weighted by Gasteiger charge is 2.33. The maximum atomic E-state index is 13.6. The quantitative estimate of drug-likeness (QED) is 0.811. The van der Waals surface area contributed by atoms with Gasteiger partial charge in [-0.2, -0.15) is 13.2 Å². The lowest BCUT2D eigenvalue weighted by molar-refractivity contribution is -0.137. The number of sulfonamides is 1. The summed E-state index contributed by atoms with van der Waals surface area (Å²) in [4.78, 5) is -0.983. The molecule has 0 aliphatic carbocycles. The van der Waals surface area contributed by atoms with E-state index in [1.807, 2.05) is 0 Å². The Hall–Kier alpha value is -0.900. The van der Waals surface area contributed by atoms with Crippen molar-refractivity contribution < 1.29 is 26.0 Å². The molecule has 2 rings (SSSR count). The summed E-state index contributed by atoms with van der Waals surface area (Å²) in [5, 5.41) is 2.96. The third kappa shape index (κ3) is 4.55. The average molecular weight is 363 g/mol. The molecule has 1 unspecified atom stereocenters. The molecule has 10 heteroatoms. The Kier molecular flexibility index (Phi) is 6.19. The summed E-state index contributed by atoms with van der Waals surface area (Å²) < 4.78 is 77.7. The molecule has 0 aromatic heterocycles. The van der Waals surface area contributed by atoms with E-state index in [0.29, 0.717) is 31.2 Å². The maximum absolute atomic E-state index is 13.6. The van der Waals surface area contributed by atoms with E-state index in [1.54, 1.807) is 0 Å². The molecule has 1 heterocycles. The van der Waals surface area contributed by atoms with Crippen molar-refractivity contribution >= 4 is 22.4 Å². The molecule has 1 fully saturated rings. The number of alkyl halides is 3. The second-order valence-corrected chi connectivity index (χ2v) is 6.49. The summed E-state index contributed by atoms with van der Waals surface area (Å²) in [6, 6.07) is 0.874. The first-order chi connectivity index (χ1) is 9.70. The van der Waals surface area contributed by atoms with Gasteiger partial charge in [0.1, 0.15) is 10.7 Å². The summed E-state index contributed by atoms with van der Waals surface area (Å²) in [6.07, 6.45) is -3.45. The first-order valence-electron chi connectivity index (χ1n) is 6.30. The summed E-state index contributed by atoms with van der Waals surface area (Å²) >= 11 is 0. The molecule has 0 spiro atoms. The minimum Gasteiger partial charge on any atom is -0.315 e. The van der Waals surface area contributed by atoms with E-state index in [4.69, 9.17) is 0 Å². The highest BCUT2D eigenvalue weighted by molar-refractivity contribution is 7.89. The molecule has 0 amide bonds. The van der Waals surface area contributed by atoms with Gasteiger partial charge in [-0.1, -0.05) is 0 Å². The van der Waals surface area contributed by atoms with E-state index >= 15 is 0 Å². The number of benzene rings is 1. The zero-order valence-electron chi connectivity index (χ0n) is 11.3. The van der Waals surface area contributed by atoms with Crippen molar-refractivity contribution in [2.24, 2.45) is 0 Å². The topological polar surface area (TPSA) is 58.2 Å². The number of rotatable bonds is 3. The van der Waals surface area contributed by atoms with Crippen LogP contribution in [0.1, 0.15) is 18.4 Å². The van der Waals surface area contributed by atoms with Gasteiger partial charge in [-0.15, -0.1) is 12.4 Å². The lowest BCUT2D eigenvalue weighted by atomic mass is 10.1. The van der Waals surface area contributed by atoms with E-state index in [1.165, 1.54) is 0 Å². The van der Waals surface area contributed by atoms with E-state index < -0.39 is 38.5 Å². The Labute approximate surface area is 131 Å².